The molecular formula is C21H18N2O6. The minimum atomic E-state index is -0.738. The van der Waals surface area contributed by atoms with Gasteiger partial charge in [-0.2, -0.15) is 0 Å². The topological polar surface area (TPSA) is 99.9 Å². The number of nitrogens with one attached hydrogen (secondary N) is 1. The number of anilines is 1. The summed E-state index contributed by atoms with van der Waals surface area (Å²) in [7, 11) is 1.49. The molecule has 0 bridgehead atoms. The first kappa shape index (κ1) is 19.7. The van der Waals surface area contributed by atoms with E-state index in [0.29, 0.717) is 11.5 Å². The van der Waals surface area contributed by atoms with Crippen molar-refractivity contribution in [2.24, 2.45) is 0 Å². The maximum atomic E-state index is 12.1. The lowest BCUT2D eigenvalue weighted by molar-refractivity contribution is -0.384. The maximum absolute atomic E-state index is 12.1. The lowest BCUT2D eigenvalue weighted by atomic mass is 10.2. The maximum Gasteiger partial charge on any atom is 0.411 e. The van der Waals surface area contributed by atoms with Crippen LogP contribution in [-0.4, -0.2) is 18.1 Å². The largest absolute Gasteiger partial charge is 0.493 e. The van der Waals surface area contributed by atoms with Gasteiger partial charge in [0.1, 0.15) is 12.4 Å². The first-order valence-electron chi connectivity index (χ1n) is 8.63. The van der Waals surface area contributed by atoms with Crippen molar-refractivity contribution in [1.29, 1.82) is 0 Å². The van der Waals surface area contributed by atoms with Crippen molar-refractivity contribution in [3.63, 3.8) is 0 Å². The number of para-hydroxylation sites is 2. The number of nitro benzene ring substituents is 1. The van der Waals surface area contributed by atoms with Crippen LogP contribution >= 0.6 is 0 Å². The quantitative estimate of drug-likeness (QED) is 0.440. The number of hydrogen-bond acceptors (Lipinski definition) is 6. The minimum absolute atomic E-state index is 0.0756. The van der Waals surface area contributed by atoms with E-state index < -0.39 is 11.0 Å². The molecule has 0 unspecified atom stereocenters. The van der Waals surface area contributed by atoms with Crippen molar-refractivity contribution in [3.8, 4) is 17.2 Å². The van der Waals surface area contributed by atoms with Crippen molar-refractivity contribution in [3.05, 3.63) is 88.5 Å². The van der Waals surface area contributed by atoms with Gasteiger partial charge in [-0.1, -0.05) is 42.5 Å². The van der Waals surface area contributed by atoms with E-state index >= 15 is 0 Å². The molecule has 3 aromatic carbocycles. The predicted octanol–water partition coefficient (Wildman–Crippen LogP) is 5.14. The van der Waals surface area contributed by atoms with Gasteiger partial charge in [0.05, 0.1) is 23.8 Å². The van der Waals surface area contributed by atoms with E-state index in [0.717, 1.165) is 5.56 Å². The molecule has 0 saturated heterocycles. The molecule has 8 nitrogen and oxygen atoms in total. The van der Waals surface area contributed by atoms with Crippen molar-refractivity contribution >= 4 is 17.5 Å². The molecule has 8 heteroatoms. The van der Waals surface area contributed by atoms with Crippen LogP contribution in [0.2, 0.25) is 0 Å². The smallest absolute Gasteiger partial charge is 0.411 e. The highest BCUT2D eigenvalue weighted by Gasteiger charge is 2.15. The van der Waals surface area contributed by atoms with Gasteiger partial charge < -0.3 is 14.2 Å². The highest BCUT2D eigenvalue weighted by atomic mass is 16.6. The molecule has 3 aromatic rings. The lowest BCUT2D eigenvalue weighted by Gasteiger charge is -2.12. The minimum Gasteiger partial charge on any atom is -0.493 e. The molecule has 0 heterocycles. The second kappa shape index (κ2) is 9.23. The molecule has 0 fully saturated rings. The Balaban J connectivity index is 1.76. The average molecular weight is 394 g/mol. The summed E-state index contributed by atoms with van der Waals surface area (Å²) in [5.41, 5.74) is 0.750. The molecule has 0 saturated carbocycles. The van der Waals surface area contributed by atoms with E-state index in [1.165, 1.54) is 25.3 Å². The van der Waals surface area contributed by atoms with Gasteiger partial charge in [0.15, 0.2) is 11.5 Å². The molecule has 1 amide bonds. The first-order valence-corrected chi connectivity index (χ1v) is 8.63. The number of benzene rings is 3. The molecular weight excluding hydrogens is 376 g/mol. The molecule has 3 rings (SSSR count). The van der Waals surface area contributed by atoms with Crippen molar-refractivity contribution < 1.29 is 23.9 Å². The summed E-state index contributed by atoms with van der Waals surface area (Å²) in [6.07, 6.45) is -0.738. The Morgan fingerprint density at radius 3 is 2.38 bits per heavy atom. The highest BCUT2D eigenvalue weighted by Crippen LogP contribution is 2.34. The normalized spacial score (nSPS) is 10.1. The van der Waals surface area contributed by atoms with Gasteiger partial charge in [-0.25, -0.2) is 4.79 Å². The molecule has 0 aliphatic rings. The van der Waals surface area contributed by atoms with Crippen LogP contribution in [0.4, 0.5) is 16.2 Å². The summed E-state index contributed by atoms with van der Waals surface area (Å²) in [5, 5.41) is 13.7. The number of ether oxygens (including phenoxy) is 3. The summed E-state index contributed by atoms with van der Waals surface area (Å²) in [6.45, 7) is 0.0756. The van der Waals surface area contributed by atoms with Gasteiger partial charge in [0.2, 0.25) is 0 Å². The second-order valence-electron chi connectivity index (χ2n) is 5.91. The Morgan fingerprint density at radius 2 is 1.69 bits per heavy atom. The van der Waals surface area contributed by atoms with E-state index in [4.69, 9.17) is 14.2 Å². The third kappa shape index (κ3) is 5.46. The fourth-order valence-corrected chi connectivity index (χ4v) is 2.53. The Kier molecular flexibility index (Phi) is 6.26. The zero-order chi connectivity index (χ0) is 20.6. The fraction of sp³-hybridized carbons (Fsp3) is 0.0952. The van der Waals surface area contributed by atoms with Crippen LogP contribution in [0, 0.1) is 10.1 Å². The van der Waals surface area contributed by atoms with Crippen molar-refractivity contribution in [1.82, 2.24) is 0 Å². The van der Waals surface area contributed by atoms with E-state index in [9.17, 15) is 14.9 Å². The Bertz CT molecular complexity index is 1010. The SMILES string of the molecule is COc1ccccc1Oc1cc(NC(=O)OCc2ccccc2)cc([N+](=O)[O-])c1. The van der Waals surface area contributed by atoms with Gasteiger partial charge in [-0.15, -0.1) is 0 Å². The summed E-state index contributed by atoms with van der Waals surface area (Å²) in [5.74, 6) is 1.02. The number of hydrogen-bond donors (Lipinski definition) is 1. The van der Waals surface area contributed by atoms with E-state index in [2.05, 4.69) is 5.32 Å². The van der Waals surface area contributed by atoms with E-state index in [-0.39, 0.29) is 23.7 Å². The number of carbonyl (C=O) groups is 1. The number of rotatable bonds is 7. The molecule has 0 aliphatic carbocycles. The number of methoxy groups -OCH3 is 1. The lowest BCUT2D eigenvalue weighted by Crippen LogP contribution is -2.13. The summed E-state index contributed by atoms with van der Waals surface area (Å²) < 4.78 is 16.1. The number of amides is 1. The molecule has 0 radical (unpaired) electrons. The second-order valence-corrected chi connectivity index (χ2v) is 5.91. The Hall–Kier alpha value is -4.07. The Morgan fingerprint density at radius 1 is 1.00 bits per heavy atom. The van der Waals surface area contributed by atoms with Crippen LogP contribution < -0.4 is 14.8 Å². The van der Waals surface area contributed by atoms with Crippen LogP contribution in [0.5, 0.6) is 17.2 Å². The van der Waals surface area contributed by atoms with Crippen LogP contribution in [0.25, 0.3) is 0 Å². The number of non-ortho nitro benzene ring substituents is 1. The molecule has 0 aromatic heterocycles. The molecule has 0 atom stereocenters. The predicted molar refractivity (Wildman–Crippen MR) is 106 cm³/mol. The zero-order valence-electron chi connectivity index (χ0n) is 15.5. The third-order valence-electron chi connectivity index (χ3n) is 3.86. The van der Waals surface area contributed by atoms with Crippen LogP contribution in [-0.2, 0) is 11.3 Å². The Labute approximate surface area is 166 Å². The zero-order valence-corrected chi connectivity index (χ0v) is 15.5. The highest BCUT2D eigenvalue weighted by molar-refractivity contribution is 5.85. The van der Waals surface area contributed by atoms with Crippen molar-refractivity contribution in [2.75, 3.05) is 12.4 Å². The first-order chi connectivity index (χ1) is 14.0. The van der Waals surface area contributed by atoms with Crippen molar-refractivity contribution in [2.45, 2.75) is 6.61 Å². The van der Waals surface area contributed by atoms with Gasteiger partial charge in [0, 0.05) is 12.1 Å². The third-order valence-corrected chi connectivity index (χ3v) is 3.86. The van der Waals surface area contributed by atoms with Crippen LogP contribution in [0.15, 0.2) is 72.8 Å². The fourth-order valence-electron chi connectivity index (χ4n) is 2.53. The summed E-state index contributed by atoms with van der Waals surface area (Å²) in [6, 6.07) is 20.0. The van der Waals surface area contributed by atoms with Crippen LogP contribution in [0.1, 0.15) is 5.56 Å². The summed E-state index contributed by atoms with van der Waals surface area (Å²) >= 11 is 0. The van der Waals surface area contributed by atoms with E-state index in [1.54, 1.807) is 24.3 Å². The molecule has 29 heavy (non-hydrogen) atoms. The summed E-state index contributed by atoms with van der Waals surface area (Å²) in [4.78, 5) is 22.8. The number of carbonyl (C=O) groups excluding carboxylic acids is 1. The van der Waals surface area contributed by atoms with Gasteiger partial charge >= 0.3 is 6.09 Å². The molecule has 0 aliphatic heterocycles. The van der Waals surface area contributed by atoms with Crippen LogP contribution in [0.3, 0.4) is 0 Å². The average Bonchev–Trinajstić information content (AvgIpc) is 2.73. The van der Waals surface area contributed by atoms with Gasteiger partial charge in [-0.3, -0.25) is 15.4 Å². The molecule has 1 N–H and O–H groups in total. The molecule has 148 valence electrons. The number of nitrogens with zero attached hydrogens (tertiary/aromatic N) is 1. The van der Waals surface area contributed by atoms with E-state index in [1.807, 2.05) is 30.3 Å². The van der Waals surface area contributed by atoms with Gasteiger partial charge in [0.25, 0.3) is 5.69 Å². The number of nitro groups is 1. The standard InChI is InChI=1S/C21H18N2O6/c1-27-19-9-5-6-10-20(19)29-18-12-16(11-17(13-18)23(25)26)22-21(24)28-14-15-7-3-2-4-8-15/h2-13H,14H2,1H3,(H,22,24). The van der Waals surface area contributed by atoms with Gasteiger partial charge in [-0.05, 0) is 17.7 Å². The molecule has 0 spiro atoms. The monoisotopic (exact) mass is 394 g/mol.